The van der Waals surface area contributed by atoms with E-state index < -0.39 is 0 Å². The molecule has 0 saturated carbocycles. The van der Waals surface area contributed by atoms with E-state index in [1.165, 1.54) is 16.7 Å². The number of nitrogens with zero attached hydrogens (tertiary/aromatic N) is 4. The molecule has 1 N–H and O–H groups in total. The van der Waals surface area contributed by atoms with E-state index in [0.717, 1.165) is 11.0 Å². The maximum atomic E-state index is 4.45. The summed E-state index contributed by atoms with van der Waals surface area (Å²) in [5.74, 6) is 0.628. The Labute approximate surface area is 117 Å². The summed E-state index contributed by atoms with van der Waals surface area (Å²) in [5, 5.41) is 7.41. The molecule has 0 fully saturated rings. The molecular formula is C15H17N5. The molecule has 1 aromatic carbocycles. The summed E-state index contributed by atoms with van der Waals surface area (Å²) < 4.78 is 1.77. The third-order valence-corrected chi connectivity index (χ3v) is 3.52. The molecule has 0 saturated heterocycles. The molecule has 0 bridgehead atoms. The topological polar surface area (TPSA) is 55.6 Å². The zero-order chi connectivity index (χ0) is 14.1. The first kappa shape index (κ1) is 12.6. The third-order valence-electron chi connectivity index (χ3n) is 3.52. The first-order valence-electron chi connectivity index (χ1n) is 6.58. The van der Waals surface area contributed by atoms with E-state index in [0.29, 0.717) is 12.5 Å². The molecule has 2 aromatic heterocycles. The molecule has 3 aromatic rings. The van der Waals surface area contributed by atoms with Crippen molar-refractivity contribution in [3.63, 3.8) is 0 Å². The van der Waals surface area contributed by atoms with Crippen LogP contribution in [0.15, 0.2) is 30.6 Å². The van der Waals surface area contributed by atoms with Crippen LogP contribution < -0.4 is 5.32 Å². The summed E-state index contributed by atoms with van der Waals surface area (Å²) in [5.41, 5.74) is 5.62. The van der Waals surface area contributed by atoms with Gasteiger partial charge in [0, 0.05) is 13.6 Å². The third kappa shape index (κ3) is 2.34. The number of benzene rings is 1. The fraction of sp³-hybridized carbons (Fsp3) is 0.267. The van der Waals surface area contributed by atoms with Crippen LogP contribution in [-0.4, -0.2) is 19.7 Å². The molecule has 5 nitrogen and oxygen atoms in total. The van der Waals surface area contributed by atoms with Gasteiger partial charge in [0.15, 0.2) is 0 Å². The van der Waals surface area contributed by atoms with E-state index in [1.807, 2.05) is 7.05 Å². The molecule has 0 spiro atoms. The highest BCUT2D eigenvalue weighted by molar-refractivity contribution is 5.74. The van der Waals surface area contributed by atoms with E-state index in [2.05, 4.69) is 52.4 Å². The molecule has 0 aliphatic heterocycles. The first-order valence-corrected chi connectivity index (χ1v) is 6.58. The normalized spacial score (nSPS) is 10.9. The first-order chi connectivity index (χ1) is 9.63. The van der Waals surface area contributed by atoms with Gasteiger partial charge in [-0.1, -0.05) is 18.2 Å². The average molecular weight is 267 g/mol. The molecule has 0 aliphatic carbocycles. The molecule has 5 heteroatoms. The maximum absolute atomic E-state index is 4.45. The molecule has 0 atom stereocenters. The number of nitrogens with one attached hydrogen (secondary N) is 1. The van der Waals surface area contributed by atoms with Crippen molar-refractivity contribution in [2.45, 2.75) is 20.4 Å². The van der Waals surface area contributed by atoms with Crippen molar-refractivity contribution in [3.05, 3.63) is 47.3 Å². The highest BCUT2D eigenvalue weighted by Crippen LogP contribution is 2.13. The number of aromatic nitrogens is 4. The number of anilines is 1. The number of aryl methyl sites for hydroxylation is 3. The van der Waals surface area contributed by atoms with Crippen LogP contribution in [0, 0.1) is 13.8 Å². The minimum absolute atomic E-state index is 0.628. The number of rotatable bonds is 3. The Hall–Kier alpha value is -2.43. The summed E-state index contributed by atoms with van der Waals surface area (Å²) in [4.78, 5) is 8.76. The van der Waals surface area contributed by atoms with Crippen LogP contribution in [0.3, 0.4) is 0 Å². The maximum Gasteiger partial charge on any atom is 0.223 e. The van der Waals surface area contributed by atoms with Crippen molar-refractivity contribution < 1.29 is 0 Å². The second kappa shape index (κ2) is 4.92. The van der Waals surface area contributed by atoms with Crippen LogP contribution in [-0.2, 0) is 13.6 Å². The summed E-state index contributed by atoms with van der Waals surface area (Å²) in [6.45, 7) is 4.95. The zero-order valence-corrected chi connectivity index (χ0v) is 11.9. The lowest BCUT2D eigenvalue weighted by Gasteiger charge is -2.07. The molecular weight excluding hydrogens is 250 g/mol. The SMILES string of the molecule is Cc1ccc(CNc2ncc3c(cnn3C)n2)cc1C. The van der Waals surface area contributed by atoms with Crippen molar-refractivity contribution in [1.82, 2.24) is 19.7 Å². The smallest absolute Gasteiger partial charge is 0.223 e. The van der Waals surface area contributed by atoms with Crippen LogP contribution in [0.5, 0.6) is 0 Å². The van der Waals surface area contributed by atoms with Gasteiger partial charge < -0.3 is 5.32 Å². The van der Waals surface area contributed by atoms with Crippen LogP contribution >= 0.6 is 0 Å². The molecule has 3 rings (SSSR count). The molecule has 20 heavy (non-hydrogen) atoms. The molecule has 0 aliphatic rings. The highest BCUT2D eigenvalue weighted by Gasteiger charge is 2.04. The van der Waals surface area contributed by atoms with Gasteiger partial charge in [-0.05, 0) is 30.5 Å². The van der Waals surface area contributed by atoms with Crippen molar-refractivity contribution in [2.24, 2.45) is 7.05 Å². The van der Waals surface area contributed by atoms with Crippen molar-refractivity contribution in [2.75, 3.05) is 5.32 Å². The van der Waals surface area contributed by atoms with Gasteiger partial charge in [0.25, 0.3) is 0 Å². The standard InChI is InChI=1S/C15H17N5/c1-10-4-5-12(6-11(10)2)7-16-15-17-9-14-13(19-15)8-18-20(14)3/h4-6,8-9H,7H2,1-3H3,(H,16,17,19). The predicted octanol–water partition coefficient (Wildman–Crippen LogP) is 2.59. The quantitative estimate of drug-likeness (QED) is 0.792. The van der Waals surface area contributed by atoms with Crippen LogP contribution in [0.1, 0.15) is 16.7 Å². The Bertz CT molecular complexity index is 760. The minimum atomic E-state index is 0.628. The second-order valence-electron chi connectivity index (χ2n) is 5.00. The molecule has 0 radical (unpaired) electrons. The Morgan fingerprint density at radius 2 is 2.00 bits per heavy atom. The number of hydrogen-bond acceptors (Lipinski definition) is 4. The van der Waals surface area contributed by atoms with Crippen LogP contribution in [0.25, 0.3) is 11.0 Å². The average Bonchev–Trinajstić information content (AvgIpc) is 2.81. The molecule has 0 amide bonds. The Kier molecular flexibility index (Phi) is 3.10. The van der Waals surface area contributed by atoms with Gasteiger partial charge in [0.2, 0.25) is 5.95 Å². The van der Waals surface area contributed by atoms with Crippen LogP contribution in [0.2, 0.25) is 0 Å². The van der Waals surface area contributed by atoms with Crippen molar-refractivity contribution in [1.29, 1.82) is 0 Å². The predicted molar refractivity (Wildman–Crippen MR) is 79.5 cm³/mol. The zero-order valence-electron chi connectivity index (χ0n) is 11.9. The number of fused-ring (bicyclic) bond motifs is 1. The summed E-state index contributed by atoms with van der Waals surface area (Å²) >= 11 is 0. The second-order valence-corrected chi connectivity index (χ2v) is 5.00. The van der Waals surface area contributed by atoms with Crippen LogP contribution in [0.4, 0.5) is 5.95 Å². The Morgan fingerprint density at radius 1 is 1.15 bits per heavy atom. The fourth-order valence-electron chi connectivity index (χ4n) is 2.12. The summed E-state index contributed by atoms with van der Waals surface area (Å²) in [7, 11) is 1.88. The minimum Gasteiger partial charge on any atom is -0.350 e. The Morgan fingerprint density at radius 3 is 2.80 bits per heavy atom. The molecule has 0 unspecified atom stereocenters. The van der Waals surface area contributed by atoms with Gasteiger partial charge in [-0.2, -0.15) is 5.10 Å². The van der Waals surface area contributed by atoms with Gasteiger partial charge in [-0.3, -0.25) is 4.68 Å². The summed E-state index contributed by atoms with van der Waals surface area (Å²) in [6.07, 6.45) is 3.54. The lowest BCUT2D eigenvalue weighted by atomic mass is 10.1. The van der Waals surface area contributed by atoms with E-state index in [1.54, 1.807) is 17.1 Å². The van der Waals surface area contributed by atoms with Gasteiger partial charge in [-0.15, -0.1) is 0 Å². The van der Waals surface area contributed by atoms with E-state index in [4.69, 9.17) is 0 Å². The van der Waals surface area contributed by atoms with Crippen molar-refractivity contribution in [3.8, 4) is 0 Å². The number of hydrogen-bond donors (Lipinski definition) is 1. The fourth-order valence-corrected chi connectivity index (χ4v) is 2.12. The lowest BCUT2D eigenvalue weighted by molar-refractivity contribution is 0.795. The van der Waals surface area contributed by atoms with E-state index >= 15 is 0 Å². The largest absolute Gasteiger partial charge is 0.350 e. The van der Waals surface area contributed by atoms with E-state index in [-0.39, 0.29) is 0 Å². The lowest BCUT2D eigenvalue weighted by Crippen LogP contribution is -2.04. The van der Waals surface area contributed by atoms with Crippen molar-refractivity contribution >= 4 is 17.0 Å². The molecule has 102 valence electrons. The van der Waals surface area contributed by atoms with E-state index in [9.17, 15) is 0 Å². The summed E-state index contributed by atoms with van der Waals surface area (Å²) in [6, 6.07) is 6.44. The van der Waals surface area contributed by atoms with Gasteiger partial charge in [0.1, 0.15) is 11.0 Å². The molecule has 2 heterocycles. The highest BCUT2D eigenvalue weighted by atomic mass is 15.3. The van der Waals surface area contributed by atoms with Gasteiger partial charge in [0.05, 0.1) is 12.4 Å². The van der Waals surface area contributed by atoms with Gasteiger partial charge in [-0.25, -0.2) is 9.97 Å². The monoisotopic (exact) mass is 267 g/mol. The Balaban J connectivity index is 1.77. The van der Waals surface area contributed by atoms with Gasteiger partial charge >= 0.3 is 0 Å².